The van der Waals surface area contributed by atoms with E-state index in [1.807, 2.05) is 0 Å². The third kappa shape index (κ3) is 5.57. The number of benzene rings is 1. The van der Waals surface area contributed by atoms with Gasteiger partial charge in [-0.05, 0) is 38.5 Å². The van der Waals surface area contributed by atoms with Crippen molar-refractivity contribution in [1.29, 1.82) is 0 Å². The van der Waals surface area contributed by atoms with Gasteiger partial charge in [0.2, 0.25) is 15.2 Å². The molecular weight excluding hydrogens is 384 g/mol. The molecule has 0 radical (unpaired) electrons. The average molecular weight is 411 g/mol. The highest BCUT2D eigenvalue weighted by Gasteiger charge is 2.24. The van der Waals surface area contributed by atoms with E-state index in [0.717, 1.165) is 30.7 Å². The second-order valence-electron chi connectivity index (χ2n) is 6.56. The second-order valence-corrected chi connectivity index (χ2v) is 9.61. The monoisotopic (exact) mass is 410 g/mol. The van der Waals surface area contributed by atoms with Crippen LogP contribution in [0.2, 0.25) is 0 Å². The summed E-state index contributed by atoms with van der Waals surface area (Å²) < 4.78 is 26.5. The molecule has 1 heterocycles. The number of rotatable bonds is 9. The van der Waals surface area contributed by atoms with Gasteiger partial charge in [-0.3, -0.25) is 10.1 Å². The van der Waals surface area contributed by atoms with Crippen molar-refractivity contribution in [3.63, 3.8) is 0 Å². The average Bonchev–Trinajstić information content (AvgIpc) is 3.08. The molecule has 27 heavy (non-hydrogen) atoms. The van der Waals surface area contributed by atoms with Gasteiger partial charge in [0, 0.05) is 25.1 Å². The zero-order valence-electron chi connectivity index (χ0n) is 16.1. The summed E-state index contributed by atoms with van der Waals surface area (Å²) in [6, 6.07) is 5.83. The molecule has 1 aromatic heterocycles. The van der Waals surface area contributed by atoms with Crippen molar-refractivity contribution < 1.29 is 13.2 Å². The molecule has 0 aliphatic heterocycles. The molecule has 0 bridgehead atoms. The number of carbonyl (C=O) groups is 1. The third-order valence-electron chi connectivity index (χ3n) is 4.18. The first kappa shape index (κ1) is 21.5. The van der Waals surface area contributed by atoms with E-state index in [0.29, 0.717) is 5.13 Å². The number of sulfonamides is 1. The zero-order chi connectivity index (χ0) is 20.0. The molecule has 1 N–H and O–H groups in total. The fraction of sp³-hybridized carbons (Fsp3) is 0.500. The Morgan fingerprint density at radius 1 is 1.26 bits per heavy atom. The molecular formula is C18H26N4O3S2. The van der Waals surface area contributed by atoms with Crippen LogP contribution < -0.4 is 5.32 Å². The minimum atomic E-state index is -3.65. The molecule has 2 rings (SSSR count). The number of anilines is 1. The lowest BCUT2D eigenvalue weighted by Gasteiger charge is -2.21. The van der Waals surface area contributed by atoms with E-state index in [4.69, 9.17) is 0 Å². The highest BCUT2D eigenvalue weighted by atomic mass is 32.2. The van der Waals surface area contributed by atoms with Crippen molar-refractivity contribution in [2.45, 2.75) is 57.4 Å². The van der Waals surface area contributed by atoms with Gasteiger partial charge in [-0.1, -0.05) is 37.2 Å². The molecule has 0 unspecified atom stereocenters. The van der Waals surface area contributed by atoms with E-state index in [-0.39, 0.29) is 16.5 Å². The van der Waals surface area contributed by atoms with E-state index < -0.39 is 15.9 Å². The minimum absolute atomic E-state index is 0.0869. The highest BCUT2D eigenvalue weighted by molar-refractivity contribution is 7.89. The van der Waals surface area contributed by atoms with E-state index in [1.54, 1.807) is 26.0 Å². The Morgan fingerprint density at radius 3 is 2.67 bits per heavy atom. The molecule has 0 saturated heterocycles. The lowest BCUT2D eigenvalue weighted by molar-refractivity contribution is 0.102. The van der Waals surface area contributed by atoms with Crippen LogP contribution in [0.25, 0.3) is 0 Å². The lowest BCUT2D eigenvalue weighted by atomic mass is 10.2. The van der Waals surface area contributed by atoms with Gasteiger partial charge < -0.3 is 0 Å². The van der Waals surface area contributed by atoms with Crippen LogP contribution in [-0.4, -0.2) is 41.9 Å². The van der Waals surface area contributed by atoms with Crippen LogP contribution in [0.15, 0.2) is 29.2 Å². The molecule has 0 fully saturated rings. The maximum atomic E-state index is 12.6. The molecule has 148 valence electrons. The normalized spacial score (nSPS) is 11.9. The van der Waals surface area contributed by atoms with Gasteiger partial charge in [0.25, 0.3) is 5.91 Å². The fourth-order valence-electron chi connectivity index (χ4n) is 2.34. The second kappa shape index (κ2) is 9.38. The molecule has 1 amide bonds. The number of aryl methyl sites for hydroxylation is 1. The summed E-state index contributed by atoms with van der Waals surface area (Å²) >= 11 is 1.34. The van der Waals surface area contributed by atoms with Crippen LogP contribution in [0.4, 0.5) is 5.13 Å². The molecule has 9 heteroatoms. The number of hydrogen-bond donors (Lipinski definition) is 1. The minimum Gasteiger partial charge on any atom is -0.296 e. The van der Waals surface area contributed by atoms with Gasteiger partial charge in [-0.2, -0.15) is 4.31 Å². The number of aromatic nitrogens is 2. The number of amides is 1. The quantitative estimate of drug-likeness (QED) is 0.638. The Bertz CT molecular complexity index is 878. The first-order chi connectivity index (χ1) is 12.8. The Balaban J connectivity index is 2.12. The predicted octanol–water partition coefficient (Wildman–Crippen LogP) is 3.55. The van der Waals surface area contributed by atoms with Crippen LogP contribution in [0.1, 0.15) is 55.4 Å². The van der Waals surface area contributed by atoms with Crippen molar-refractivity contribution >= 4 is 32.4 Å². The number of nitrogens with one attached hydrogen (secondary N) is 1. The molecule has 0 spiro atoms. The van der Waals surface area contributed by atoms with Crippen LogP contribution in [0.5, 0.6) is 0 Å². The first-order valence-corrected chi connectivity index (χ1v) is 11.2. The Kier molecular flexibility index (Phi) is 7.46. The summed E-state index contributed by atoms with van der Waals surface area (Å²) in [7, 11) is -2.13. The summed E-state index contributed by atoms with van der Waals surface area (Å²) in [6.07, 6.45) is 4.15. The highest BCUT2D eigenvalue weighted by Crippen LogP contribution is 2.21. The summed E-state index contributed by atoms with van der Waals surface area (Å²) in [5, 5.41) is 12.1. The van der Waals surface area contributed by atoms with E-state index in [2.05, 4.69) is 22.4 Å². The van der Waals surface area contributed by atoms with Gasteiger partial charge in [-0.15, -0.1) is 10.2 Å². The molecule has 0 aliphatic rings. The standard InChI is InChI=1S/C18H26N4O3S2/c1-5-6-7-11-16-20-21-18(26-16)19-17(23)14-9-8-10-15(12-14)27(24,25)22(4)13(2)3/h8-10,12-13H,5-7,11H2,1-4H3,(H,19,21,23). The zero-order valence-corrected chi connectivity index (χ0v) is 17.7. The fourth-order valence-corrected chi connectivity index (χ4v) is 4.53. The molecule has 1 aromatic carbocycles. The maximum absolute atomic E-state index is 12.6. The topological polar surface area (TPSA) is 92.3 Å². The summed E-state index contributed by atoms with van der Waals surface area (Å²) in [5.41, 5.74) is 0.260. The lowest BCUT2D eigenvalue weighted by Crippen LogP contribution is -2.33. The summed E-state index contributed by atoms with van der Waals surface area (Å²) in [6.45, 7) is 5.72. The van der Waals surface area contributed by atoms with Gasteiger partial charge in [0.05, 0.1) is 4.90 Å². The van der Waals surface area contributed by atoms with E-state index in [9.17, 15) is 13.2 Å². The van der Waals surface area contributed by atoms with Crippen molar-refractivity contribution in [2.75, 3.05) is 12.4 Å². The third-order valence-corrected chi connectivity index (χ3v) is 7.11. The molecule has 7 nitrogen and oxygen atoms in total. The number of nitrogens with zero attached hydrogens (tertiary/aromatic N) is 3. The van der Waals surface area contributed by atoms with Gasteiger partial charge >= 0.3 is 0 Å². The van der Waals surface area contributed by atoms with Gasteiger partial charge in [0.15, 0.2) is 0 Å². The van der Waals surface area contributed by atoms with Crippen molar-refractivity contribution in [2.24, 2.45) is 0 Å². The Morgan fingerprint density at radius 2 is 2.00 bits per heavy atom. The predicted molar refractivity (Wildman–Crippen MR) is 108 cm³/mol. The summed E-state index contributed by atoms with van der Waals surface area (Å²) in [4.78, 5) is 12.6. The molecule has 2 aromatic rings. The van der Waals surface area contributed by atoms with Crippen LogP contribution in [-0.2, 0) is 16.4 Å². The number of hydrogen-bond acceptors (Lipinski definition) is 6. The van der Waals surface area contributed by atoms with Crippen molar-refractivity contribution in [3.05, 3.63) is 34.8 Å². The van der Waals surface area contributed by atoms with Crippen LogP contribution in [0, 0.1) is 0 Å². The number of carbonyl (C=O) groups excluding carboxylic acids is 1. The largest absolute Gasteiger partial charge is 0.296 e. The molecule has 0 atom stereocenters. The van der Waals surface area contributed by atoms with E-state index >= 15 is 0 Å². The van der Waals surface area contributed by atoms with Crippen LogP contribution >= 0.6 is 11.3 Å². The first-order valence-electron chi connectivity index (χ1n) is 8.97. The summed E-state index contributed by atoms with van der Waals surface area (Å²) in [5.74, 6) is -0.407. The van der Waals surface area contributed by atoms with E-state index in [1.165, 1.54) is 34.8 Å². The molecule has 0 aliphatic carbocycles. The van der Waals surface area contributed by atoms with Gasteiger partial charge in [-0.25, -0.2) is 8.42 Å². The van der Waals surface area contributed by atoms with Crippen molar-refractivity contribution in [1.82, 2.24) is 14.5 Å². The van der Waals surface area contributed by atoms with Crippen molar-refractivity contribution in [3.8, 4) is 0 Å². The SMILES string of the molecule is CCCCCc1nnc(NC(=O)c2cccc(S(=O)(=O)N(C)C(C)C)c2)s1. The smallest absolute Gasteiger partial charge is 0.257 e. The Hall–Kier alpha value is -1.84. The maximum Gasteiger partial charge on any atom is 0.257 e. The Labute approximate surface area is 164 Å². The number of unbranched alkanes of at least 4 members (excludes halogenated alkanes) is 2. The van der Waals surface area contributed by atoms with Crippen LogP contribution in [0.3, 0.4) is 0 Å². The molecule has 0 saturated carbocycles. The van der Waals surface area contributed by atoms with Gasteiger partial charge in [0.1, 0.15) is 5.01 Å².